The van der Waals surface area contributed by atoms with Gasteiger partial charge in [-0.05, 0) is 38.0 Å². The zero-order chi connectivity index (χ0) is 21.1. The lowest BCUT2D eigenvalue weighted by molar-refractivity contribution is -0.146. The normalized spacial score (nSPS) is 13.9. The standard InChI is InChI=1S/C20H30N2O6/c1-13(20(25)26)14(2)28-11-5-6-18(23)22-17(19(24)21-3)12-15-7-9-16(27-4)10-8-15/h7-10,13-14,17H,5-6,11-12H2,1-4H3,(H,21,24)(H,22,23)(H,25,26)/t13?,14?,17-/m0/s1. The van der Waals surface area contributed by atoms with Crippen molar-refractivity contribution < 1.29 is 29.0 Å². The first-order valence-electron chi connectivity index (χ1n) is 9.26. The highest BCUT2D eigenvalue weighted by atomic mass is 16.5. The van der Waals surface area contributed by atoms with Crippen molar-refractivity contribution >= 4 is 17.8 Å². The average Bonchev–Trinajstić information content (AvgIpc) is 2.69. The monoisotopic (exact) mass is 394 g/mol. The molecule has 0 saturated carbocycles. The number of carboxylic acids is 1. The Kier molecular flexibility index (Phi) is 10.0. The predicted octanol–water partition coefficient (Wildman–Crippen LogP) is 1.37. The summed E-state index contributed by atoms with van der Waals surface area (Å²) < 4.78 is 10.6. The Labute approximate surface area is 165 Å². The van der Waals surface area contributed by atoms with E-state index in [0.29, 0.717) is 12.8 Å². The summed E-state index contributed by atoms with van der Waals surface area (Å²) in [6.45, 7) is 3.54. The molecule has 0 aliphatic carbocycles. The lowest BCUT2D eigenvalue weighted by atomic mass is 10.0. The zero-order valence-electron chi connectivity index (χ0n) is 16.9. The molecule has 1 aromatic rings. The minimum atomic E-state index is -0.919. The molecule has 0 fully saturated rings. The van der Waals surface area contributed by atoms with Crippen LogP contribution in [0, 0.1) is 5.92 Å². The molecule has 0 aromatic heterocycles. The second kappa shape index (κ2) is 12.0. The predicted molar refractivity (Wildman–Crippen MR) is 104 cm³/mol. The summed E-state index contributed by atoms with van der Waals surface area (Å²) in [6.07, 6.45) is 0.545. The largest absolute Gasteiger partial charge is 0.497 e. The Morgan fingerprint density at radius 1 is 1.14 bits per heavy atom. The topological polar surface area (TPSA) is 114 Å². The van der Waals surface area contributed by atoms with E-state index in [9.17, 15) is 14.4 Å². The summed E-state index contributed by atoms with van der Waals surface area (Å²) in [7, 11) is 3.10. The minimum absolute atomic E-state index is 0.185. The zero-order valence-corrected chi connectivity index (χ0v) is 16.9. The van der Waals surface area contributed by atoms with Crippen molar-refractivity contribution in [1.82, 2.24) is 10.6 Å². The Balaban J connectivity index is 2.49. The maximum atomic E-state index is 12.2. The highest BCUT2D eigenvalue weighted by molar-refractivity contribution is 5.87. The second-order valence-corrected chi connectivity index (χ2v) is 6.59. The van der Waals surface area contributed by atoms with E-state index in [4.69, 9.17) is 14.6 Å². The molecule has 1 aromatic carbocycles. The number of rotatable bonds is 12. The Morgan fingerprint density at radius 3 is 2.32 bits per heavy atom. The SMILES string of the molecule is CNC(=O)[C@H](Cc1ccc(OC)cc1)NC(=O)CCCOC(C)C(C)C(=O)O. The molecule has 8 heteroatoms. The van der Waals surface area contributed by atoms with Crippen molar-refractivity contribution in [3.63, 3.8) is 0 Å². The molecule has 3 atom stereocenters. The van der Waals surface area contributed by atoms with Gasteiger partial charge < -0.3 is 25.2 Å². The quantitative estimate of drug-likeness (QED) is 0.462. The van der Waals surface area contributed by atoms with Crippen molar-refractivity contribution in [3.05, 3.63) is 29.8 Å². The molecule has 2 unspecified atom stereocenters. The van der Waals surface area contributed by atoms with Crippen LogP contribution < -0.4 is 15.4 Å². The molecular weight excluding hydrogens is 364 g/mol. The molecule has 0 aliphatic heterocycles. The fourth-order valence-corrected chi connectivity index (χ4v) is 2.49. The fourth-order valence-electron chi connectivity index (χ4n) is 2.49. The van der Waals surface area contributed by atoms with E-state index in [2.05, 4.69) is 10.6 Å². The smallest absolute Gasteiger partial charge is 0.308 e. The number of nitrogens with one attached hydrogen (secondary N) is 2. The first kappa shape index (κ1) is 23.4. The van der Waals surface area contributed by atoms with Crippen molar-refractivity contribution in [2.45, 2.75) is 45.3 Å². The summed E-state index contributed by atoms with van der Waals surface area (Å²) in [5, 5.41) is 14.2. The van der Waals surface area contributed by atoms with Crippen LogP contribution in [0.15, 0.2) is 24.3 Å². The number of hydrogen-bond acceptors (Lipinski definition) is 5. The van der Waals surface area contributed by atoms with E-state index < -0.39 is 24.0 Å². The van der Waals surface area contributed by atoms with Crippen LogP contribution in [0.1, 0.15) is 32.3 Å². The summed E-state index contributed by atoms with van der Waals surface area (Å²) >= 11 is 0. The van der Waals surface area contributed by atoms with Gasteiger partial charge in [-0.3, -0.25) is 14.4 Å². The molecule has 2 amide bonds. The molecule has 28 heavy (non-hydrogen) atoms. The highest BCUT2D eigenvalue weighted by Crippen LogP contribution is 2.13. The van der Waals surface area contributed by atoms with Gasteiger partial charge in [0.1, 0.15) is 11.8 Å². The summed E-state index contributed by atoms with van der Waals surface area (Å²) in [6, 6.07) is 6.61. The first-order valence-corrected chi connectivity index (χ1v) is 9.26. The van der Waals surface area contributed by atoms with Crippen LogP contribution >= 0.6 is 0 Å². The van der Waals surface area contributed by atoms with E-state index in [1.807, 2.05) is 12.1 Å². The van der Waals surface area contributed by atoms with Gasteiger partial charge in [0, 0.05) is 26.5 Å². The van der Waals surface area contributed by atoms with Crippen LogP contribution in [0.25, 0.3) is 0 Å². The minimum Gasteiger partial charge on any atom is -0.497 e. The average molecular weight is 394 g/mol. The van der Waals surface area contributed by atoms with E-state index in [1.54, 1.807) is 33.1 Å². The van der Waals surface area contributed by atoms with Gasteiger partial charge >= 0.3 is 5.97 Å². The number of likely N-dealkylation sites (N-methyl/N-ethyl adjacent to an activating group) is 1. The number of methoxy groups -OCH3 is 1. The van der Waals surface area contributed by atoms with Crippen LogP contribution in [0.2, 0.25) is 0 Å². The number of carbonyl (C=O) groups excluding carboxylic acids is 2. The molecule has 1 rings (SSSR count). The molecule has 0 radical (unpaired) electrons. The van der Waals surface area contributed by atoms with E-state index in [1.165, 1.54) is 7.05 Å². The molecular formula is C20H30N2O6. The van der Waals surface area contributed by atoms with Crippen LogP contribution in [0.4, 0.5) is 0 Å². The van der Waals surface area contributed by atoms with Crippen LogP contribution in [0.5, 0.6) is 5.75 Å². The highest BCUT2D eigenvalue weighted by Gasteiger charge is 2.21. The van der Waals surface area contributed by atoms with Crippen LogP contribution in [-0.2, 0) is 25.5 Å². The van der Waals surface area contributed by atoms with E-state index >= 15 is 0 Å². The lowest BCUT2D eigenvalue weighted by Crippen LogP contribution is -2.47. The van der Waals surface area contributed by atoms with Gasteiger partial charge in [-0.1, -0.05) is 12.1 Å². The van der Waals surface area contributed by atoms with Crippen LogP contribution in [-0.4, -0.2) is 55.8 Å². The molecule has 0 heterocycles. The van der Waals surface area contributed by atoms with Gasteiger partial charge in [0.25, 0.3) is 0 Å². The van der Waals surface area contributed by atoms with Gasteiger partial charge in [-0.25, -0.2) is 0 Å². The summed E-state index contributed by atoms with van der Waals surface area (Å²) in [5.74, 6) is -1.35. The maximum absolute atomic E-state index is 12.2. The first-order chi connectivity index (χ1) is 13.3. The molecule has 0 saturated heterocycles. The molecule has 156 valence electrons. The number of aliphatic carboxylic acids is 1. The summed E-state index contributed by atoms with van der Waals surface area (Å²) in [5.41, 5.74) is 0.898. The molecule has 0 aliphatic rings. The number of benzene rings is 1. The third-order valence-electron chi connectivity index (χ3n) is 4.52. The number of carboxylic acid groups (broad SMARTS) is 1. The number of amides is 2. The molecule has 3 N–H and O–H groups in total. The Morgan fingerprint density at radius 2 is 1.79 bits per heavy atom. The van der Waals surface area contributed by atoms with E-state index in [-0.39, 0.29) is 24.8 Å². The van der Waals surface area contributed by atoms with Gasteiger partial charge in [0.15, 0.2) is 0 Å². The third kappa shape index (κ3) is 7.96. The van der Waals surface area contributed by atoms with Crippen LogP contribution in [0.3, 0.4) is 0 Å². The van der Waals surface area contributed by atoms with Gasteiger partial charge in [0.2, 0.25) is 11.8 Å². The van der Waals surface area contributed by atoms with Crippen molar-refractivity contribution in [1.29, 1.82) is 0 Å². The van der Waals surface area contributed by atoms with E-state index in [0.717, 1.165) is 11.3 Å². The number of carbonyl (C=O) groups is 3. The van der Waals surface area contributed by atoms with Gasteiger partial charge in [0.05, 0.1) is 19.1 Å². The van der Waals surface area contributed by atoms with Gasteiger partial charge in [-0.15, -0.1) is 0 Å². The lowest BCUT2D eigenvalue weighted by Gasteiger charge is -2.19. The van der Waals surface area contributed by atoms with Gasteiger partial charge in [-0.2, -0.15) is 0 Å². The third-order valence-corrected chi connectivity index (χ3v) is 4.52. The number of hydrogen-bond donors (Lipinski definition) is 3. The van der Waals surface area contributed by atoms with Crippen molar-refractivity contribution in [3.8, 4) is 5.75 Å². The second-order valence-electron chi connectivity index (χ2n) is 6.59. The molecule has 8 nitrogen and oxygen atoms in total. The number of ether oxygens (including phenoxy) is 2. The maximum Gasteiger partial charge on any atom is 0.308 e. The fraction of sp³-hybridized carbons (Fsp3) is 0.550. The molecule has 0 bridgehead atoms. The van der Waals surface area contributed by atoms with Crippen molar-refractivity contribution in [2.24, 2.45) is 5.92 Å². The summed E-state index contributed by atoms with van der Waals surface area (Å²) in [4.78, 5) is 35.2. The van der Waals surface area contributed by atoms with Crippen molar-refractivity contribution in [2.75, 3.05) is 20.8 Å². The Hall–Kier alpha value is -2.61. The molecule has 0 spiro atoms. The Bertz CT molecular complexity index is 647.